The SMILES string of the molecule is O=C1CC(S)CN1c1cccc(CO)c1. The van der Waals surface area contributed by atoms with Gasteiger partial charge in [0.15, 0.2) is 0 Å². The van der Waals surface area contributed by atoms with Gasteiger partial charge in [-0.3, -0.25) is 4.79 Å². The molecular formula is C11H13NO2S. The summed E-state index contributed by atoms with van der Waals surface area (Å²) in [5, 5.41) is 9.12. The third-order valence-corrected chi connectivity index (χ3v) is 2.86. The second-order valence-corrected chi connectivity index (χ2v) is 4.42. The van der Waals surface area contributed by atoms with E-state index in [0.717, 1.165) is 11.3 Å². The average molecular weight is 223 g/mol. The van der Waals surface area contributed by atoms with Gasteiger partial charge < -0.3 is 10.0 Å². The van der Waals surface area contributed by atoms with E-state index >= 15 is 0 Å². The Morgan fingerprint density at radius 3 is 2.93 bits per heavy atom. The van der Waals surface area contributed by atoms with Gasteiger partial charge in [-0.25, -0.2) is 0 Å². The number of aliphatic hydroxyl groups is 1. The number of aliphatic hydroxyl groups excluding tert-OH is 1. The number of hydrogen-bond acceptors (Lipinski definition) is 3. The van der Waals surface area contributed by atoms with Crippen LogP contribution in [0.4, 0.5) is 5.69 Å². The minimum absolute atomic E-state index is 0.000173. The molecule has 80 valence electrons. The van der Waals surface area contributed by atoms with E-state index in [1.54, 1.807) is 4.90 Å². The van der Waals surface area contributed by atoms with Crippen molar-refractivity contribution < 1.29 is 9.90 Å². The van der Waals surface area contributed by atoms with Gasteiger partial charge in [0, 0.05) is 23.9 Å². The molecule has 1 aromatic rings. The minimum atomic E-state index is 0.000173. The van der Waals surface area contributed by atoms with Crippen LogP contribution in [0, 0.1) is 0 Å². The van der Waals surface area contributed by atoms with Crippen LogP contribution in [0.15, 0.2) is 24.3 Å². The lowest BCUT2D eigenvalue weighted by Gasteiger charge is -2.16. The number of anilines is 1. The van der Waals surface area contributed by atoms with Crippen molar-refractivity contribution in [2.24, 2.45) is 0 Å². The zero-order valence-electron chi connectivity index (χ0n) is 8.26. The monoisotopic (exact) mass is 223 g/mol. The van der Waals surface area contributed by atoms with Crippen molar-refractivity contribution in [2.45, 2.75) is 18.3 Å². The smallest absolute Gasteiger partial charge is 0.228 e. The second kappa shape index (κ2) is 4.24. The Labute approximate surface area is 94.1 Å². The number of amides is 1. The zero-order valence-corrected chi connectivity index (χ0v) is 9.15. The van der Waals surface area contributed by atoms with Crippen LogP contribution in [-0.2, 0) is 11.4 Å². The summed E-state index contributed by atoms with van der Waals surface area (Å²) in [6.07, 6.45) is 0.493. The summed E-state index contributed by atoms with van der Waals surface area (Å²) in [6.45, 7) is 0.650. The highest BCUT2D eigenvalue weighted by Gasteiger charge is 2.28. The third-order valence-electron chi connectivity index (χ3n) is 2.51. The Kier molecular flexibility index (Phi) is 2.98. The number of carbonyl (C=O) groups excluding carboxylic acids is 1. The van der Waals surface area contributed by atoms with Crippen LogP contribution in [0.2, 0.25) is 0 Å². The molecule has 0 bridgehead atoms. The van der Waals surface area contributed by atoms with Crippen LogP contribution in [0.25, 0.3) is 0 Å². The highest BCUT2D eigenvalue weighted by Crippen LogP contribution is 2.24. The maximum atomic E-state index is 11.6. The van der Waals surface area contributed by atoms with Crippen molar-refractivity contribution in [1.29, 1.82) is 0 Å². The molecule has 0 saturated carbocycles. The van der Waals surface area contributed by atoms with Crippen LogP contribution in [-0.4, -0.2) is 22.8 Å². The van der Waals surface area contributed by atoms with Crippen molar-refractivity contribution in [2.75, 3.05) is 11.4 Å². The van der Waals surface area contributed by atoms with E-state index in [4.69, 9.17) is 5.11 Å². The molecule has 4 heteroatoms. The lowest BCUT2D eigenvalue weighted by Crippen LogP contribution is -2.24. The van der Waals surface area contributed by atoms with Crippen molar-refractivity contribution in [3.8, 4) is 0 Å². The minimum Gasteiger partial charge on any atom is -0.392 e. The third kappa shape index (κ3) is 2.16. The molecular weight excluding hydrogens is 210 g/mol. The van der Waals surface area contributed by atoms with Gasteiger partial charge in [0.1, 0.15) is 0 Å². The molecule has 1 fully saturated rings. The van der Waals surface area contributed by atoms with E-state index in [2.05, 4.69) is 12.6 Å². The first-order chi connectivity index (χ1) is 7.20. The molecule has 1 amide bonds. The van der Waals surface area contributed by atoms with Gasteiger partial charge in [0.2, 0.25) is 5.91 Å². The molecule has 1 aliphatic heterocycles. The quantitative estimate of drug-likeness (QED) is 0.740. The lowest BCUT2D eigenvalue weighted by molar-refractivity contribution is -0.117. The van der Waals surface area contributed by atoms with E-state index in [1.807, 2.05) is 24.3 Å². The van der Waals surface area contributed by atoms with Crippen LogP contribution in [0.3, 0.4) is 0 Å². The second-order valence-electron chi connectivity index (χ2n) is 3.69. The van der Waals surface area contributed by atoms with Crippen LogP contribution < -0.4 is 4.90 Å². The normalized spacial score (nSPS) is 21.1. The van der Waals surface area contributed by atoms with E-state index in [0.29, 0.717) is 13.0 Å². The predicted octanol–water partition coefficient (Wildman–Crippen LogP) is 1.21. The molecule has 2 rings (SSSR count). The van der Waals surface area contributed by atoms with Gasteiger partial charge >= 0.3 is 0 Å². The summed E-state index contributed by atoms with van der Waals surface area (Å²) < 4.78 is 0. The first kappa shape index (κ1) is 10.5. The van der Waals surface area contributed by atoms with Crippen molar-refractivity contribution in [3.63, 3.8) is 0 Å². The molecule has 0 radical (unpaired) electrons. The molecule has 15 heavy (non-hydrogen) atoms. The molecule has 0 aromatic heterocycles. The summed E-state index contributed by atoms with van der Waals surface area (Å²) in [6, 6.07) is 7.40. The van der Waals surface area contributed by atoms with Gasteiger partial charge in [-0.2, -0.15) is 12.6 Å². The molecule has 1 heterocycles. The van der Waals surface area contributed by atoms with Gasteiger partial charge in [-0.05, 0) is 17.7 Å². The maximum Gasteiger partial charge on any atom is 0.228 e. The van der Waals surface area contributed by atoms with Crippen molar-refractivity contribution in [3.05, 3.63) is 29.8 Å². The first-order valence-electron chi connectivity index (χ1n) is 4.89. The summed E-state index contributed by atoms with van der Waals surface area (Å²) in [4.78, 5) is 13.3. The Hall–Kier alpha value is -1.00. The number of carbonyl (C=O) groups is 1. The first-order valence-corrected chi connectivity index (χ1v) is 5.40. The summed E-state index contributed by atoms with van der Waals surface area (Å²) in [7, 11) is 0. The number of thiol groups is 1. The molecule has 0 spiro atoms. The summed E-state index contributed by atoms with van der Waals surface area (Å²) in [5.41, 5.74) is 1.67. The molecule has 3 nitrogen and oxygen atoms in total. The fourth-order valence-corrected chi connectivity index (χ4v) is 2.08. The molecule has 1 saturated heterocycles. The van der Waals surface area contributed by atoms with Gasteiger partial charge in [-0.15, -0.1) is 0 Å². The van der Waals surface area contributed by atoms with E-state index < -0.39 is 0 Å². The maximum absolute atomic E-state index is 11.6. The van der Waals surface area contributed by atoms with Gasteiger partial charge in [0.25, 0.3) is 0 Å². The zero-order chi connectivity index (χ0) is 10.8. The Morgan fingerprint density at radius 1 is 1.53 bits per heavy atom. The number of hydrogen-bond donors (Lipinski definition) is 2. The largest absolute Gasteiger partial charge is 0.392 e. The highest BCUT2D eigenvalue weighted by atomic mass is 32.1. The van der Waals surface area contributed by atoms with Gasteiger partial charge in [0.05, 0.1) is 6.61 Å². The fraction of sp³-hybridized carbons (Fsp3) is 0.364. The number of rotatable bonds is 2. The Balaban J connectivity index is 2.25. The molecule has 1 atom stereocenters. The van der Waals surface area contributed by atoms with E-state index in [-0.39, 0.29) is 17.8 Å². The van der Waals surface area contributed by atoms with Crippen LogP contribution in [0.5, 0.6) is 0 Å². The van der Waals surface area contributed by atoms with E-state index in [1.165, 1.54) is 0 Å². The molecule has 1 N–H and O–H groups in total. The Morgan fingerprint density at radius 2 is 2.33 bits per heavy atom. The van der Waals surface area contributed by atoms with Crippen LogP contribution in [0.1, 0.15) is 12.0 Å². The molecule has 1 unspecified atom stereocenters. The van der Waals surface area contributed by atoms with Crippen molar-refractivity contribution >= 4 is 24.2 Å². The summed E-state index contributed by atoms with van der Waals surface area (Å²) in [5.74, 6) is 0.102. The lowest BCUT2D eigenvalue weighted by atomic mass is 10.2. The molecule has 1 aliphatic rings. The topological polar surface area (TPSA) is 40.5 Å². The molecule has 0 aliphatic carbocycles. The predicted molar refractivity (Wildman–Crippen MR) is 62.1 cm³/mol. The standard InChI is InChI=1S/C11H13NO2S/c13-7-8-2-1-3-9(4-8)12-6-10(15)5-11(12)14/h1-4,10,13,15H,5-7H2. The highest BCUT2D eigenvalue weighted by molar-refractivity contribution is 7.81. The summed E-state index contributed by atoms with van der Waals surface area (Å²) >= 11 is 4.30. The Bertz CT molecular complexity index is 381. The fourth-order valence-electron chi connectivity index (χ4n) is 1.76. The number of benzene rings is 1. The van der Waals surface area contributed by atoms with E-state index in [9.17, 15) is 4.79 Å². The number of nitrogens with zero attached hydrogens (tertiary/aromatic N) is 1. The van der Waals surface area contributed by atoms with Gasteiger partial charge in [-0.1, -0.05) is 12.1 Å². The average Bonchev–Trinajstić information content (AvgIpc) is 2.58. The van der Waals surface area contributed by atoms with Crippen molar-refractivity contribution in [1.82, 2.24) is 0 Å². The molecule has 1 aromatic carbocycles. The van der Waals surface area contributed by atoms with Crippen LogP contribution >= 0.6 is 12.6 Å².